The number of hydrogen-bond donors (Lipinski definition) is 2. The zero-order valence-corrected chi connectivity index (χ0v) is 18.4. The zero-order valence-electron chi connectivity index (χ0n) is 17.6. The van der Waals surface area contributed by atoms with E-state index in [1.54, 1.807) is 13.3 Å². The molecule has 0 amide bonds. The molecule has 162 valence electrons. The maximum atomic E-state index is 10.1. The number of benzene rings is 2. The summed E-state index contributed by atoms with van der Waals surface area (Å²) in [5.74, 6) is 0.434. The summed E-state index contributed by atoms with van der Waals surface area (Å²) in [5, 5.41) is 14.0. The first-order valence-corrected chi connectivity index (χ1v) is 10.7. The lowest BCUT2D eigenvalue weighted by Gasteiger charge is -2.28. The fraction of sp³-hybridized carbons (Fsp3) is 0.333. The van der Waals surface area contributed by atoms with Crippen LogP contribution in [0.15, 0.2) is 48.7 Å². The molecule has 31 heavy (non-hydrogen) atoms. The Morgan fingerprint density at radius 2 is 1.94 bits per heavy atom. The van der Waals surface area contributed by atoms with Gasteiger partial charge in [0.25, 0.3) is 0 Å². The lowest BCUT2D eigenvalue weighted by molar-refractivity contribution is -0.0281. The summed E-state index contributed by atoms with van der Waals surface area (Å²) in [6.07, 6.45) is 1.92. The number of aryl methyl sites for hydroxylation is 1. The van der Waals surface area contributed by atoms with Crippen molar-refractivity contribution >= 4 is 11.6 Å². The molecule has 0 unspecified atom stereocenters. The third kappa shape index (κ3) is 4.72. The molecule has 2 atom stereocenters. The van der Waals surface area contributed by atoms with E-state index in [0.717, 1.165) is 28.7 Å². The van der Waals surface area contributed by atoms with E-state index in [2.05, 4.69) is 34.3 Å². The highest BCUT2D eigenvalue weighted by atomic mass is 35.5. The monoisotopic (exact) mass is 439 g/mol. The van der Waals surface area contributed by atoms with Gasteiger partial charge in [0.2, 0.25) is 5.88 Å². The Bertz CT molecular complexity index is 1060. The molecule has 0 spiro atoms. The van der Waals surface area contributed by atoms with Crippen molar-refractivity contribution in [3.8, 4) is 28.3 Å². The highest BCUT2D eigenvalue weighted by Gasteiger charge is 2.24. The number of rotatable bonds is 6. The van der Waals surface area contributed by atoms with Crippen LogP contribution >= 0.6 is 11.6 Å². The number of nitrogens with zero attached hydrogens (tertiary/aromatic N) is 2. The first kappa shape index (κ1) is 21.7. The van der Waals surface area contributed by atoms with Crippen LogP contribution in [-0.4, -0.2) is 47.5 Å². The average molecular weight is 440 g/mol. The van der Waals surface area contributed by atoms with Crippen LogP contribution in [0.3, 0.4) is 0 Å². The van der Waals surface area contributed by atoms with Crippen LogP contribution in [0.4, 0.5) is 0 Å². The Morgan fingerprint density at radius 3 is 2.71 bits per heavy atom. The van der Waals surface area contributed by atoms with Gasteiger partial charge in [-0.05, 0) is 24.5 Å². The third-order valence-electron chi connectivity index (χ3n) is 5.57. The smallest absolute Gasteiger partial charge is 0.237 e. The van der Waals surface area contributed by atoms with Gasteiger partial charge in [0.15, 0.2) is 0 Å². The van der Waals surface area contributed by atoms with Gasteiger partial charge in [0.05, 0.1) is 36.7 Å². The van der Waals surface area contributed by atoms with Crippen LogP contribution < -0.4 is 10.1 Å². The van der Waals surface area contributed by atoms with Gasteiger partial charge in [-0.3, -0.25) is 4.98 Å². The molecule has 1 aromatic heterocycles. The molecule has 4 rings (SSSR count). The first-order valence-electron chi connectivity index (χ1n) is 10.3. The molecule has 1 fully saturated rings. The number of aliphatic hydroxyl groups excluding tert-OH is 1. The second-order valence-corrected chi connectivity index (χ2v) is 7.99. The summed E-state index contributed by atoms with van der Waals surface area (Å²) in [5.41, 5.74) is 5.32. The fourth-order valence-corrected chi connectivity index (χ4v) is 4.14. The van der Waals surface area contributed by atoms with Crippen molar-refractivity contribution in [1.82, 2.24) is 15.3 Å². The number of aromatic nitrogens is 2. The predicted octanol–water partition coefficient (Wildman–Crippen LogP) is 4.02. The number of nitrogens with one attached hydrogen (secondary N) is 1. The van der Waals surface area contributed by atoms with Gasteiger partial charge < -0.3 is 19.9 Å². The maximum absolute atomic E-state index is 10.1. The van der Waals surface area contributed by atoms with Crippen LogP contribution in [0.25, 0.3) is 22.4 Å². The van der Waals surface area contributed by atoms with Crippen molar-refractivity contribution in [2.75, 3.05) is 20.3 Å². The van der Waals surface area contributed by atoms with Gasteiger partial charge in [0.1, 0.15) is 5.69 Å². The second-order valence-electron chi connectivity index (χ2n) is 7.61. The molecule has 2 N–H and O–H groups in total. The summed E-state index contributed by atoms with van der Waals surface area (Å²) < 4.78 is 10.8. The van der Waals surface area contributed by atoms with Gasteiger partial charge in [-0.15, -0.1) is 0 Å². The number of aliphatic hydroxyl groups is 1. The first-order chi connectivity index (χ1) is 15.1. The maximum Gasteiger partial charge on any atom is 0.237 e. The van der Waals surface area contributed by atoms with E-state index >= 15 is 0 Å². The number of hydrogen-bond acceptors (Lipinski definition) is 6. The number of ether oxygens (including phenoxy) is 2. The van der Waals surface area contributed by atoms with Gasteiger partial charge >= 0.3 is 0 Å². The molecule has 1 aliphatic rings. The molecular weight excluding hydrogens is 414 g/mol. The lowest BCUT2D eigenvalue weighted by atomic mass is 9.98. The Morgan fingerprint density at radius 1 is 1.16 bits per heavy atom. The predicted molar refractivity (Wildman–Crippen MR) is 121 cm³/mol. The summed E-state index contributed by atoms with van der Waals surface area (Å²) >= 11 is 6.80. The fourth-order valence-electron chi connectivity index (χ4n) is 3.81. The van der Waals surface area contributed by atoms with Gasteiger partial charge in [-0.1, -0.05) is 54.1 Å². The number of methoxy groups -OCH3 is 1. The minimum absolute atomic E-state index is 0.0415. The van der Waals surface area contributed by atoms with Gasteiger partial charge in [-0.25, -0.2) is 4.98 Å². The highest BCUT2D eigenvalue weighted by Crippen LogP contribution is 2.37. The minimum atomic E-state index is -0.532. The van der Waals surface area contributed by atoms with Crippen LogP contribution in [0.5, 0.6) is 5.88 Å². The number of halogens is 1. The molecule has 0 saturated carbocycles. The Kier molecular flexibility index (Phi) is 6.83. The topological polar surface area (TPSA) is 76.5 Å². The second kappa shape index (κ2) is 9.75. The normalized spacial score (nSPS) is 18.7. The van der Waals surface area contributed by atoms with Crippen molar-refractivity contribution in [3.63, 3.8) is 0 Å². The van der Waals surface area contributed by atoms with Crippen LogP contribution in [0.2, 0.25) is 5.02 Å². The summed E-state index contributed by atoms with van der Waals surface area (Å²) in [4.78, 5) is 9.24. The average Bonchev–Trinajstić information content (AvgIpc) is 2.79. The van der Waals surface area contributed by atoms with Gasteiger partial charge in [0, 0.05) is 30.3 Å². The Hall–Kier alpha value is -2.51. The van der Waals surface area contributed by atoms with Crippen molar-refractivity contribution in [1.29, 1.82) is 0 Å². The lowest BCUT2D eigenvalue weighted by Crippen LogP contribution is -2.46. The SMILES string of the molecule is COc1nc(-c2cccc(-c3ccccc3C)c2Cl)cnc1CN[C@H]1CCOC[C@H]1O. The van der Waals surface area contributed by atoms with E-state index in [9.17, 15) is 5.11 Å². The molecule has 0 bridgehead atoms. The highest BCUT2D eigenvalue weighted by molar-refractivity contribution is 6.36. The molecule has 0 aliphatic carbocycles. The Balaban J connectivity index is 1.61. The third-order valence-corrected chi connectivity index (χ3v) is 5.98. The molecule has 2 heterocycles. The molecule has 6 nitrogen and oxygen atoms in total. The summed E-state index contributed by atoms with van der Waals surface area (Å²) in [6, 6.07) is 14.0. The summed E-state index contributed by atoms with van der Waals surface area (Å²) in [7, 11) is 1.58. The van der Waals surface area contributed by atoms with Gasteiger partial charge in [-0.2, -0.15) is 0 Å². The van der Waals surface area contributed by atoms with E-state index in [1.807, 2.05) is 30.3 Å². The molecule has 7 heteroatoms. The summed E-state index contributed by atoms with van der Waals surface area (Å²) in [6.45, 7) is 3.48. The van der Waals surface area contributed by atoms with E-state index in [0.29, 0.717) is 42.0 Å². The molecule has 1 aliphatic heterocycles. The molecular formula is C24H26ClN3O3. The van der Waals surface area contributed by atoms with Crippen molar-refractivity contribution in [2.45, 2.75) is 32.0 Å². The van der Waals surface area contributed by atoms with Crippen LogP contribution in [0, 0.1) is 6.92 Å². The van der Waals surface area contributed by atoms with Crippen LogP contribution in [0.1, 0.15) is 17.7 Å². The quantitative estimate of drug-likeness (QED) is 0.604. The van der Waals surface area contributed by atoms with Crippen LogP contribution in [-0.2, 0) is 11.3 Å². The minimum Gasteiger partial charge on any atom is -0.480 e. The van der Waals surface area contributed by atoms with E-state index < -0.39 is 6.10 Å². The van der Waals surface area contributed by atoms with Crippen molar-refractivity contribution < 1.29 is 14.6 Å². The van der Waals surface area contributed by atoms with E-state index in [1.165, 1.54) is 0 Å². The molecule has 3 aromatic rings. The zero-order chi connectivity index (χ0) is 21.8. The largest absolute Gasteiger partial charge is 0.480 e. The standard InChI is InChI=1S/C24H26ClN3O3/c1-15-6-3-4-7-16(15)17-8-5-9-18(23(17)25)20-12-27-21(24(28-20)30-2)13-26-19-10-11-31-14-22(19)29/h3-9,12,19,22,26,29H,10-11,13-14H2,1-2H3/t19-,22+/m0/s1. The molecule has 0 radical (unpaired) electrons. The molecule has 2 aromatic carbocycles. The Labute approximate surface area is 187 Å². The van der Waals surface area contributed by atoms with Crippen molar-refractivity contribution in [2.24, 2.45) is 0 Å². The van der Waals surface area contributed by atoms with Crippen molar-refractivity contribution in [3.05, 3.63) is 64.9 Å². The van der Waals surface area contributed by atoms with E-state index in [-0.39, 0.29) is 6.04 Å². The van der Waals surface area contributed by atoms with E-state index in [4.69, 9.17) is 21.1 Å². The molecule has 1 saturated heterocycles.